The van der Waals surface area contributed by atoms with Crippen LogP contribution in [0.5, 0.6) is 0 Å². The Labute approximate surface area is 124 Å². The van der Waals surface area contributed by atoms with E-state index in [1.54, 1.807) is 11.8 Å². The van der Waals surface area contributed by atoms with Crippen LogP contribution in [0.25, 0.3) is 0 Å². The molecule has 0 aliphatic carbocycles. The number of rotatable bonds is 8. The van der Waals surface area contributed by atoms with Crippen LogP contribution in [0.2, 0.25) is 0 Å². The van der Waals surface area contributed by atoms with Crippen molar-refractivity contribution in [3.05, 3.63) is 17.5 Å². The summed E-state index contributed by atoms with van der Waals surface area (Å²) in [5.41, 5.74) is 1.93. The Hall–Kier alpha value is -1.14. The SMILES string of the molecule is CCCNC(CCSc1nc(C)cc(C)n1)C(=O)OC. The summed E-state index contributed by atoms with van der Waals surface area (Å²) in [5, 5.41) is 3.97. The molecule has 1 aromatic heterocycles. The van der Waals surface area contributed by atoms with Crippen LogP contribution in [0, 0.1) is 13.8 Å². The van der Waals surface area contributed by atoms with Gasteiger partial charge in [-0.25, -0.2) is 9.97 Å². The van der Waals surface area contributed by atoms with E-state index >= 15 is 0 Å². The van der Waals surface area contributed by atoms with Crippen molar-refractivity contribution in [3.63, 3.8) is 0 Å². The second-order valence-corrected chi connectivity index (χ2v) is 5.66. The molecule has 0 bridgehead atoms. The highest BCUT2D eigenvalue weighted by molar-refractivity contribution is 7.99. The maximum Gasteiger partial charge on any atom is 0.322 e. The lowest BCUT2D eigenvalue weighted by Crippen LogP contribution is -2.38. The molecular weight excluding hydrogens is 274 g/mol. The number of carbonyl (C=O) groups is 1. The molecule has 0 amide bonds. The van der Waals surface area contributed by atoms with Crippen molar-refractivity contribution in [2.45, 2.75) is 44.8 Å². The highest BCUT2D eigenvalue weighted by Crippen LogP contribution is 2.16. The highest BCUT2D eigenvalue weighted by Gasteiger charge is 2.17. The number of aromatic nitrogens is 2. The maximum absolute atomic E-state index is 11.6. The average Bonchev–Trinajstić information content (AvgIpc) is 2.40. The van der Waals surface area contributed by atoms with Gasteiger partial charge in [0.25, 0.3) is 0 Å². The molecule has 5 nitrogen and oxygen atoms in total. The number of hydrogen-bond acceptors (Lipinski definition) is 6. The van der Waals surface area contributed by atoms with Crippen LogP contribution in [0.1, 0.15) is 31.2 Å². The predicted molar refractivity (Wildman–Crippen MR) is 80.9 cm³/mol. The van der Waals surface area contributed by atoms with Gasteiger partial charge in [-0.3, -0.25) is 4.79 Å². The van der Waals surface area contributed by atoms with Gasteiger partial charge in [-0.15, -0.1) is 0 Å². The quantitative estimate of drug-likeness (QED) is 0.450. The number of carbonyl (C=O) groups excluding carboxylic acids is 1. The number of aryl methyl sites for hydroxylation is 2. The number of hydrogen-bond donors (Lipinski definition) is 1. The fourth-order valence-electron chi connectivity index (χ4n) is 1.79. The number of thioether (sulfide) groups is 1. The minimum atomic E-state index is -0.252. The monoisotopic (exact) mass is 297 g/mol. The summed E-state index contributed by atoms with van der Waals surface area (Å²) >= 11 is 1.57. The maximum atomic E-state index is 11.6. The Morgan fingerprint density at radius 3 is 2.60 bits per heavy atom. The molecule has 1 aromatic rings. The van der Waals surface area contributed by atoms with Crippen LogP contribution in [0.4, 0.5) is 0 Å². The van der Waals surface area contributed by atoms with E-state index < -0.39 is 0 Å². The number of methoxy groups -OCH3 is 1. The lowest BCUT2D eigenvalue weighted by molar-refractivity contribution is -0.143. The zero-order valence-electron chi connectivity index (χ0n) is 12.6. The number of nitrogens with one attached hydrogen (secondary N) is 1. The summed E-state index contributed by atoms with van der Waals surface area (Å²) in [6.45, 7) is 6.79. The van der Waals surface area contributed by atoms with Gasteiger partial charge >= 0.3 is 5.97 Å². The van der Waals surface area contributed by atoms with Crippen LogP contribution < -0.4 is 5.32 Å². The first-order valence-corrected chi connectivity index (χ1v) is 7.81. The van der Waals surface area contributed by atoms with E-state index in [-0.39, 0.29) is 12.0 Å². The summed E-state index contributed by atoms with van der Waals surface area (Å²) in [6.07, 6.45) is 1.69. The van der Waals surface area contributed by atoms with Crippen LogP contribution in [0.15, 0.2) is 11.2 Å². The largest absolute Gasteiger partial charge is 0.468 e. The third kappa shape index (κ3) is 5.88. The topological polar surface area (TPSA) is 64.1 Å². The first-order chi connectivity index (χ1) is 9.56. The van der Waals surface area contributed by atoms with Gasteiger partial charge in [0, 0.05) is 17.1 Å². The van der Waals surface area contributed by atoms with E-state index in [4.69, 9.17) is 4.74 Å². The smallest absolute Gasteiger partial charge is 0.322 e. The van der Waals surface area contributed by atoms with E-state index in [9.17, 15) is 4.79 Å². The molecule has 1 heterocycles. The lowest BCUT2D eigenvalue weighted by Gasteiger charge is -2.15. The highest BCUT2D eigenvalue weighted by atomic mass is 32.2. The van der Waals surface area contributed by atoms with Gasteiger partial charge in [-0.1, -0.05) is 18.7 Å². The Morgan fingerprint density at radius 1 is 1.40 bits per heavy atom. The molecule has 0 fully saturated rings. The summed E-state index contributed by atoms with van der Waals surface area (Å²) in [4.78, 5) is 20.4. The minimum Gasteiger partial charge on any atom is -0.468 e. The number of esters is 1. The minimum absolute atomic E-state index is 0.208. The van der Waals surface area contributed by atoms with Crippen molar-refractivity contribution < 1.29 is 9.53 Å². The molecule has 0 aromatic carbocycles. The molecule has 0 saturated carbocycles. The summed E-state index contributed by atoms with van der Waals surface area (Å²) in [5.74, 6) is 0.569. The summed E-state index contributed by atoms with van der Waals surface area (Å²) in [6, 6.07) is 1.70. The molecule has 1 unspecified atom stereocenters. The molecule has 0 aliphatic heterocycles. The van der Waals surface area contributed by atoms with Gasteiger partial charge in [0.05, 0.1) is 7.11 Å². The van der Waals surface area contributed by atoms with Crippen molar-refractivity contribution in [1.29, 1.82) is 0 Å². The number of nitrogens with zero attached hydrogens (tertiary/aromatic N) is 2. The van der Waals surface area contributed by atoms with Gasteiger partial charge in [0.15, 0.2) is 5.16 Å². The Morgan fingerprint density at radius 2 is 2.05 bits per heavy atom. The van der Waals surface area contributed by atoms with Gasteiger partial charge in [-0.05, 0) is 39.3 Å². The molecule has 112 valence electrons. The van der Waals surface area contributed by atoms with Gasteiger partial charge in [0.1, 0.15) is 6.04 Å². The van der Waals surface area contributed by atoms with E-state index in [2.05, 4.69) is 22.2 Å². The summed E-state index contributed by atoms with van der Waals surface area (Å²) in [7, 11) is 1.42. The zero-order valence-corrected chi connectivity index (χ0v) is 13.4. The fourth-order valence-corrected chi connectivity index (χ4v) is 2.74. The molecule has 6 heteroatoms. The van der Waals surface area contributed by atoms with E-state index in [1.165, 1.54) is 7.11 Å². The molecule has 1 N–H and O–H groups in total. The average molecular weight is 297 g/mol. The zero-order chi connectivity index (χ0) is 15.0. The second-order valence-electron chi connectivity index (χ2n) is 4.60. The van der Waals surface area contributed by atoms with Gasteiger partial charge in [0.2, 0.25) is 0 Å². The van der Waals surface area contributed by atoms with Gasteiger partial charge in [-0.2, -0.15) is 0 Å². The molecular formula is C14H23N3O2S. The molecule has 0 spiro atoms. The molecule has 20 heavy (non-hydrogen) atoms. The van der Waals surface area contributed by atoms with Crippen LogP contribution in [-0.2, 0) is 9.53 Å². The lowest BCUT2D eigenvalue weighted by atomic mass is 10.2. The first kappa shape index (κ1) is 16.9. The third-order valence-electron chi connectivity index (χ3n) is 2.73. The van der Waals surface area contributed by atoms with E-state index in [1.807, 2.05) is 19.9 Å². The Kier molecular flexibility index (Phi) is 7.54. The van der Waals surface area contributed by atoms with Crippen molar-refractivity contribution in [2.75, 3.05) is 19.4 Å². The normalized spacial score (nSPS) is 12.2. The van der Waals surface area contributed by atoms with Crippen molar-refractivity contribution >= 4 is 17.7 Å². The predicted octanol–water partition coefficient (Wildman–Crippen LogP) is 2.12. The molecule has 1 atom stereocenters. The molecule has 1 rings (SSSR count). The first-order valence-electron chi connectivity index (χ1n) is 6.83. The Bertz CT molecular complexity index is 420. The molecule has 0 saturated heterocycles. The Balaban J connectivity index is 2.48. The van der Waals surface area contributed by atoms with Crippen molar-refractivity contribution in [2.24, 2.45) is 0 Å². The molecule has 0 radical (unpaired) electrons. The van der Waals surface area contributed by atoms with E-state index in [0.717, 1.165) is 35.3 Å². The third-order valence-corrected chi connectivity index (χ3v) is 3.61. The number of ether oxygens (including phenoxy) is 1. The van der Waals surface area contributed by atoms with Crippen molar-refractivity contribution in [3.8, 4) is 0 Å². The fraction of sp³-hybridized carbons (Fsp3) is 0.643. The van der Waals surface area contributed by atoms with Crippen LogP contribution >= 0.6 is 11.8 Å². The van der Waals surface area contributed by atoms with Gasteiger partial charge < -0.3 is 10.1 Å². The molecule has 0 aliphatic rings. The van der Waals surface area contributed by atoms with Crippen molar-refractivity contribution in [1.82, 2.24) is 15.3 Å². The standard InChI is InChI=1S/C14H23N3O2S/c1-5-7-15-12(13(18)19-4)6-8-20-14-16-10(2)9-11(3)17-14/h9,12,15H,5-8H2,1-4H3. The van der Waals surface area contributed by atoms with Crippen LogP contribution in [-0.4, -0.2) is 41.4 Å². The van der Waals surface area contributed by atoms with Crippen LogP contribution in [0.3, 0.4) is 0 Å². The van der Waals surface area contributed by atoms with E-state index in [0.29, 0.717) is 6.42 Å². The summed E-state index contributed by atoms with van der Waals surface area (Å²) < 4.78 is 4.81. The second kappa shape index (κ2) is 8.92.